The van der Waals surface area contributed by atoms with Crippen LogP contribution in [0.4, 0.5) is 0 Å². The Morgan fingerprint density at radius 3 is 2.67 bits per heavy atom. The summed E-state index contributed by atoms with van der Waals surface area (Å²) in [6.07, 6.45) is 7.87. The van der Waals surface area contributed by atoms with E-state index in [1.807, 2.05) is 36.4 Å². The molecule has 1 amide bonds. The van der Waals surface area contributed by atoms with Crippen LogP contribution in [0.2, 0.25) is 0 Å². The van der Waals surface area contributed by atoms with E-state index < -0.39 is 0 Å². The molecular weight excluding hydrogens is 266 g/mol. The number of rotatable bonds is 9. The highest BCUT2D eigenvalue weighted by Crippen LogP contribution is 2.03. The topological polar surface area (TPSA) is 58.6 Å². The number of nitrogens with one attached hydrogen (secondary N) is 1. The summed E-state index contributed by atoms with van der Waals surface area (Å²) in [4.78, 5) is 11.9. The van der Waals surface area contributed by atoms with Crippen LogP contribution < -0.4 is 5.32 Å². The molecule has 0 bridgehead atoms. The summed E-state index contributed by atoms with van der Waals surface area (Å²) in [5, 5.41) is 11.5. The number of carbonyl (C=O) groups excluding carboxylic acids is 1. The lowest BCUT2D eigenvalue weighted by molar-refractivity contribution is -0.120. The predicted octanol–water partition coefficient (Wildman–Crippen LogP) is 2.51. The molecule has 0 aromatic heterocycles. The lowest BCUT2D eigenvalue weighted by Gasteiger charge is -2.06. The van der Waals surface area contributed by atoms with E-state index in [-0.39, 0.29) is 18.3 Å². The number of amides is 1. The van der Waals surface area contributed by atoms with Crippen LogP contribution in [0, 0.1) is 0 Å². The number of allylic oxidation sites excluding steroid dienone is 2. The highest BCUT2D eigenvalue weighted by Gasteiger charge is 2.07. The quantitative estimate of drug-likeness (QED) is 0.318. The van der Waals surface area contributed by atoms with Crippen molar-refractivity contribution in [2.75, 3.05) is 20.3 Å². The lowest BCUT2D eigenvalue weighted by atomic mass is 10.2. The third kappa shape index (κ3) is 7.32. The van der Waals surface area contributed by atoms with Gasteiger partial charge in [-0.15, -0.1) is 0 Å². The molecule has 0 heterocycles. The number of methoxy groups -OCH3 is 1. The summed E-state index contributed by atoms with van der Waals surface area (Å²) in [6.45, 7) is 0.781. The molecule has 1 rings (SSSR count). The second-order valence-electron chi connectivity index (χ2n) is 4.55. The van der Waals surface area contributed by atoms with Gasteiger partial charge in [0.15, 0.2) is 5.76 Å². The van der Waals surface area contributed by atoms with E-state index in [9.17, 15) is 4.79 Å². The first-order chi connectivity index (χ1) is 10.3. The number of ether oxygens (including phenoxy) is 1. The van der Waals surface area contributed by atoms with Crippen LogP contribution >= 0.6 is 0 Å². The molecule has 0 saturated heterocycles. The standard InChI is InChI=1S/C17H23NO3/c1-21-16(17(20)18-13-6-3-7-14-19)12-8-11-15-9-4-2-5-10-15/h2,4-5,8-12,19H,3,6-7,13-14H2,1H3,(H,18,20)/b11-8+,16-12+. The molecule has 1 aromatic carbocycles. The molecule has 0 saturated carbocycles. The van der Waals surface area contributed by atoms with Crippen LogP contribution in [0.1, 0.15) is 24.8 Å². The van der Waals surface area contributed by atoms with Crippen molar-refractivity contribution in [2.24, 2.45) is 0 Å². The van der Waals surface area contributed by atoms with Gasteiger partial charge in [-0.2, -0.15) is 0 Å². The van der Waals surface area contributed by atoms with Crippen LogP contribution in [-0.2, 0) is 9.53 Å². The summed E-state index contributed by atoms with van der Waals surface area (Å²) in [5.74, 6) is 0.0588. The first-order valence-corrected chi connectivity index (χ1v) is 7.14. The van der Waals surface area contributed by atoms with Gasteiger partial charge in [-0.3, -0.25) is 4.79 Å². The minimum Gasteiger partial charge on any atom is -0.491 e. The van der Waals surface area contributed by atoms with Crippen molar-refractivity contribution >= 4 is 12.0 Å². The summed E-state index contributed by atoms with van der Waals surface area (Å²) in [6, 6.07) is 9.84. The van der Waals surface area contributed by atoms with Gasteiger partial charge in [0.1, 0.15) is 0 Å². The molecule has 0 fully saturated rings. The number of aliphatic hydroxyl groups excluding tert-OH is 1. The molecular formula is C17H23NO3. The van der Waals surface area contributed by atoms with Crippen molar-refractivity contribution < 1.29 is 14.6 Å². The van der Waals surface area contributed by atoms with Gasteiger partial charge in [-0.05, 0) is 30.9 Å². The zero-order valence-corrected chi connectivity index (χ0v) is 12.4. The fourth-order valence-electron chi connectivity index (χ4n) is 1.75. The average molecular weight is 289 g/mol. The Morgan fingerprint density at radius 1 is 1.24 bits per heavy atom. The molecule has 0 unspecified atom stereocenters. The molecule has 2 N–H and O–H groups in total. The SMILES string of the molecule is CO/C(=C/C=C/c1ccccc1)C(=O)NCCCCCO. The molecule has 21 heavy (non-hydrogen) atoms. The Morgan fingerprint density at radius 2 is 2.00 bits per heavy atom. The fourth-order valence-corrected chi connectivity index (χ4v) is 1.75. The molecule has 0 aliphatic heterocycles. The minimum atomic E-state index is -0.223. The lowest BCUT2D eigenvalue weighted by Crippen LogP contribution is -2.26. The molecule has 0 aliphatic carbocycles. The van der Waals surface area contributed by atoms with E-state index in [1.54, 1.807) is 12.2 Å². The van der Waals surface area contributed by atoms with Crippen molar-refractivity contribution in [1.82, 2.24) is 5.32 Å². The Labute approximate surface area is 126 Å². The van der Waals surface area contributed by atoms with Gasteiger partial charge in [0.25, 0.3) is 5.91 Å². The summed E-state index contributed by atoms with van der Waals surface area (Å²) in [7, 11) is 1.48. The Hall–Kier alpha value is -2.07. The number of benzene rings is 1. The van der Waals surface area contributed by atoms with Gasteiger partial charge >= 0.3 is 0 Å². The predicted molar refractivity (Wildman–Crippen MR) is 84.5 cm³/mol. The zero-order valence-electron chi connectivity index (χ0n) is 12.4. The van der Waals surface area contributed by atoms with Gasteiger partial charge in [-0.1, -0.05) is 42.5 Å². The number of unbranched alkanes of at least 4 members (excludes halogenated alkanes) is 2. The van der Waals surface area contributed by atoms with E-state index in [0.717, 1.165) is 24.8 Å². The van der Waals surface area contributed by atoms with Crippen LogP contribution in [-0.4, -0.2) is 31.3 Å². The van der Waals surface area contributed by atoms with E-state index >= 15 is 0 Å². The number of hydrogen-bond donors (Lipinski definition) is 2. The maximum atomic E-state index is 11.9. The van der Waals surface area contributed by atoms with Crippen LogP contribution in [0.25, 0.3) is 6.08 Å². The third-order valence-electron chi connectivity index (χ3n) is 2.90. The molecule has 0 radical (unpaired) electrons. The molecule has 0 spiro atoms. The van der Waals surface area contributed by atoms with Gasteiger partial charge in [-0.25, -0.2) is 0 Å². The molecule has 0 atom stereocenters. The van der Waals surface area contributed by atoms with Gasteiger partial charge < -0.3 is 15.2 Å². The Bertz CT molecular complexity index is 466. The Kier molecular flexibility index (Phi) is 8.64. The van der Waals surface area contributed by atoms with E-state index in [2.05, 4.69) is 5.32 Å². The zero-order chi connectivity index (χ0) is 15.3. The fraction of sp³-hybridized carbons (Fsp3) is 0.353. The van der Waals surface area contributed by atoms with E-state index in [4.69, 9.17) is 9.84 Å². The molecule has 4 heteroatoms. The normalized spacial score (nSPS) is 11.6. The van der Waals surface area contributed by atoms with Crippen molar-refractivity contribution in [3.63, 3.8) is 0 Å². The van der Waals surface area contributed by atoms with Crippen molar-refractivity contribution in [1.29, 1.82) is 0 Å². The highest BCUT2D eigenvalue weighted by molar-refractivity contribution is 5.91. The third-order valence-corrected chi connectivity index (χ3v) is 2.90. The number of hydrogen-bond acceptors (Lipinski definition) is 3. The smallest absolute Gasteiger partial charge is 0.286 e. The maximum Gasteiger partial charge on any atom is 0.286 e. The van der Waals surface area contributed by atoms with Crippen LogP contribution in [0.5, 0.6) is 0 Å². The molecule has 1 aromatic rings. The Balaban J connectivity index is 2.43. The monoisotopic (exact) mass is 289 g/mol. The first-order valence-electron chi connectivity index (χ1n) is 7.14. The van der Waals surface area contributed by atoms with Crippen molar-refractivity contribution in [3.8, 4) is 0 Å². The molecule has 0 aliphatic rings. The average Bonchev–Trinajstić information content (AvgIpc) is 2.52. The molecule has 4 nitrogen and oxygen atoms in total. The van der Waals surface area contributed by atoms with E-state index in [1.165, 1.54) is 7.11 Å². The van der Waals surface area contributed by atoms with Gasteiger partial charge in [0, 0.05) is 13.2 Å². The number of aliphatic hydroxyl groups is 1. The second-order valence-corrected chi connectivity index (χ2v) is 4.55. The largest absolute Gasteiger partial charge is 0.491 e. The first kappa shape index (κ1) is 17.0. The van der Waals surface area contributed by atoms with Crippen LogP contribution in [0.3, 0.4) is 0 Å². The number of carbonyl (C=O) groups is 1. The summed E-state index contributed by atoms with van der Waals surface area (Å²) in [5.41, 5.74) is 1.06. The van der Waals surface area contributed by atoms with Gasteiger partial charge in [0.05, 0.1) is 7.11 Å². The highest BCUT2D eigenvalue weighted by atomic mass is 16.5. The maximum absolute atomic E-state index is 11.9. The van der Waals surface area contributed by atoms with Gasteiger partial charge in [0.2, 0.25) is 0 Å². The van der Waals surface area contributed by atoms with Crippen molar-refractivity contribution in [2.45, 2.75) is 19.3 Å². The minimum absolute atomic E-state index is 0.196. The van der Waals surface area contributed by atoms with E-state index in [0.29, 0.717) is 6.54 Å². The second kappa shape index (κ2) is 10.7. The molecule has 114 valence electrons. The summed E-state index contributed by atoms with van der Waals surface area (Å²) >= 11 is 0. The van der Waals surface area contributed by atoms with Crippen LogP contribution in [0.15, 0.2) is 48.2 Å². The summed E-state index contributed by atoms with van der Waals surface area (Å²) < 4.78 is 5.09. The van der Waals surface area contributed by atoms with Crippen molar-refractivity contribution in [3.05, 3.63) is 53.8 Å².